The van der Waals surface area contributed by atoms with E-state index in [0.717, 1.165) is 23.1 Å². The Balaban J connectivity index is 1.56. The van der Waals surface area contributed by atoms with Crippen molar-refractivity contribution in [1.82, 2.24) is 19.6 Å². The fraction of sp³-hybridized carbons (Fsp3) is 0.600. The van der Waals surface area contributed by atoms with E-state index < -0.39 is 0 Å². The number of nitrogens with zero attached hydrogens (tertiary/aromatic N) is 4. The minimum Gasteiger partial charge on any atom is -0.260 e. The first-order chi connectivity index (χ1) is 10.1. The second-order valence-corrected chi connectivity index (χ2v) is 7.43. The second kappa shape index (κ2) is 7.94. The monoisotopic (exact) mass is 324 g/mol. The average molecular weight is 325 g/mol. The van der Waals surface area contributed by atoms with Crippen molar-refractivity contribution < 1.29 is 0 Å². The molecule has 0 fully saturated rings. The van der Waals surface area contributed by atoms with Crippen molar-refractivity contribution in [3.8, 4) is 0 Å². The van der Waals surface area contributed by atoms with E-state index in [9.17, 15) is 0 Å². The third kappa shape index (κ3) is 5.11. The fourth-order valence-electron chi connectivity index (χ4n) is 2.18. The first kappa shape index (κ1) is 16.5. The van der Waals surface area contributed by atoms with Crippen molar-refractivity contribution in [3.05, 3.63) is 34.9 Å². The summed E-state index contributed by atoms with van der Waals surface area (Å²) in [6, 6.07) is 4.26. The summed E-state index contributed by atoms with van der Waals surface area (Å²) in [6.45, 7) is 8.32. The van der Waals surface area contributed by atoms with Crippen molar-refractivity contribution >= 4 is 23.5 Å². The molecule has 0 radical (unpaired) electrons. The van der Waals surface area contributed by atoms with Crippen LogP contribution in [0.2, 0.25) is 0 Å². The van der Waals surface area contributed by atoms with Crippen molar-refractivity contribution in [3.63, 3.8) is 0 Å². The number of thioether (sulfide) groups is 2. The van der Waals surface area contributed by atoms with E-state index in [4.69, 9.17) is 0 Å². The molecule has 0 saturated carbocycles. The lowest BCUT2D eigenvalue weighted by atomic mass is 10.4. The Hall–Kier alpha value is -0.880. The number of hydrogen-bond donors (Lipinski definition) is 0. The van der Waals surface area contributed by atoms with Crippen LogP contribution < -0.4 is 0 Å². The topological polar surface area (TPSA) is 35.6 Å². The molecule has 0 aliphatic heterocycles. The highest BCUT2D eigenvalue weighted by molar-refractivity contribution is 7.99. The maximum atomic E-state index is 4.47. The zero-order chi connectivity index (χ0) is 15.2. The predicted molar refractivity (Wildman–Crippen MR) is 92.9 cm³/mol. The minimum absolute atomic E-state index is 0.960. The number of aryl methyl sites for hydroxylation is 4. The molecule has 0 aliphatic rings. The molecule has 21 heavy (non-hydrogen) atoms. The summed E-state index contributed by atoms with van der Waals surface area (Å²) in [5.74, 6) is 4.29. The van der Waals surface area contributed by atoms with Gasteiger partial charge in [-0.25, -0.2) is 0 Å². The van der Waals surface area contributed by atoms with Gasteiger partial charge in [0.2, 0.25) is 0 Å². The van der Waals surface area contributed by atoms with Gasteiger partial charge in [-0.3, -0.25) is 9.36 Å². The molecule has 0 aliphatic carbocycles. The maximum absolute atomic E-state index is 4.47. The molecule has 6 heteroatoms. The van der Waals surface area contributed by atoms with Gasteiger partial charge in [-0.2, -0.15) is 10.2 Å². The highest BCUT2D eigenvalue weighted by atomic mass is 32.2. The summed E-state index contributed by atoms with van der Waals surface area (Å²) in [4.78, 5) is 0. The van der Waals surface area contributed by atoms with Gasteiger partial charge in [0.05, 0.1) is 23.1 Å². The molecule has 116 valence electrons. The van der Waals surface area contributed by atoms with Gasteiger partial charge in [-0.1, -0.05) is 0 Å². The maximum Gasteiger partial charge on any atom is 0.0866 e. The molecule has 0 saturated heterocycles. The molecule has 0 atom stereocenters. The van der Waals surface area contributed by atoms with Crippen LogP contribution in [-0.2, 0) is 11.8 Å². The van der Waals surface area contributed by atoms with Gasteiger partial charge in [0.1, 0.15) is 0 Å². The SMILES string of the molecule is Cc1cc(C)n(CSCCCSCn2nc(C)cc2C)n1. The quantitative estimate of drug-likeness (QED) is 0.692. The van der Waals surface area contributed by atoms with Gasteiger partial charge >= 0.3 is 0 Å². The molecule has 2 heterocycles. The van der Waals surface area contributed by atoms with Gasteiger partial charge in [0, 0.05) is 11.4 Å². The highest BCUT2D eigenvalue weighted by Gasteiger charge is 2.02. The third-order valence-corrected chi connectivity index (χ3v) is 5.22. The lowest BCUT2D eigenvalue weighted by Crippen LogP contribution is -2.01. The summed E-state index contributed by atoms with van der Waals surface area (Å²) >= 11 is 3.90. The molecule has 2 rings (SSSR count). The summed E-state index contributed by atoms with van der Waals surface area (Å²) in [5, 5.41) is 8.95. The van der Waals surface area contributed by atoms with Gasteiger partial charge in [0.25, 0.3) is 0 Å². The molecular weight excluding hydrogens is 300 g/mol. The lowest BCUT2D eigenvalue weighted by molar-refractivity contribution is 0.714. The minimum atomic E-state index is 0.960. The largest absolute Gasteiger partial charge is 0.260 e. The van der Waals surface area contributed by atoms with E-state index in [2.05, 4.69) is 45.5 Å². The van der Waals surface area contributed by atoms with Crippen LogP contribution in [0.4, 0.5) is 0 Å². The molecule has 0 amide bonds. The number of hydrogen-bond acceptors (Lipinski definition) is 4. The molecule has 4 nitrogen and oxygen atoms in total. The van der Waals surface area contributed by atoms with Gasteiger partial charge in [-0.05, 0) is 57.8 Å². The van der Waals surface area contributed by atoms with E-state index in [1.165, 1.54) is 29.3 Å². The van der Waals surface area contributed by atoms with Crippen LogP contribution in [0.5, 0.6) is 0 Å². The van der Waals surface area contributed by atoms with Crippen LogP contribution >= 0.6 is 23.5 Å². The van der Waals surface area contributed by atoms with E-state index in [-0.39, 0.29) is 0 Å². The van der Waals surface area contributed by atoms with Crippen molar-refractivity contribution in [1.29, 1.82) is 0 Å². The van der Waals surface area contributed by atoms with Gasteiger partial charge in [-0.15, -0.1) is 23.5 Å². The van der Waals surface area contributed by atoms with Crippen LogP contribution in [0.3, 0.4) is 0 Å². The normalized spacial score (nSPS) is 11.2. The average Bonchev–Trinajstić information content (AvgIpc) is 2.90. The van der Waals surface area contributed by atoms with E-state index in [1.54, 1.807) is 0 Å². The Morgan fingerprint density at radius 2 is 1.24 bits per heavy atom. The first-order valence-electron chi connectivity index (χ1n) is 7.24. The van der Waals surface area contributed by atoms with Crippen molar-refractivity contribution in [2.75, 3.05) is 11.5 Å². The Labute approximate surface area is 135 Å². The molecular formula is C15H24N4S2. The van der Waals surface area contributed by atoms with E-state index in [1.807, 2.05) is 37.4 Å². The molecule has 0 bridgehead atoms. The van der Waals surface area contributed by atoms with Gasteiger partial charge in [0.15, 0.2) is 0 Å². The Morgan fingerprint density at radius 3 is 1.57 bits per heavy atom. The molecule has 0 unspecified atom stereocenters. The zero-order valence-corrected chi connectivity index (χ0v) is 14.9. The summed E-state index contributed by atoms with van der Waals surface area (Å²) in [6.07, 6.45) is 1.23. The highest BCUT2D eigenvalue weighted by Crippen LogP contribution is 2.14. The fourth-order valence-corrected chi connectivity index (χ4v) is 4.18. The van der Waals surface area contributed by atoms with Crippen LogP contribution in [0.25, 0.3) is 0 Å². The van der Waals surface area contributed by atoms with Crippen LogP contribution in [-0.4, -0.2) is 31.1 Å². The lowest BCUT2D eigenvalue weighted by Gasteiger charge is -2.06. The molecule has 2 aromatic heterocycles. The van der Waals surface area contributed by atoms with Crippen LogP contribution in [0.1, 0.15) is 29.2 Å². The predicted octanol–water partition coefficient (Wildman–Crippen LogP) is 3.78. The zero-order valence-electron chi connectivity index (χ0n) is 13.3. The third-order valence-electron chi connectivity index (χ3n) is 3.21. The second-order valence-electron chi connectivity index (χ2n) is 5.28. The van der Waals surface area contributed by atoms with E-state index in [0.29, 0.717) is 0 Å². The van der Waals surface area contributed by atoms with Crippen molar-refractivity contribution in [2.24, 2.45) is 0 Å². The van der Waals surface area contributed by atoms with Crippen molar-refractivity contribution in [2.45, 2.75) is 45.9 Å². The molecule has 0 N–H and O–H groups in total. The Bertz CT molecular complexity index is 524. The Morgan fingerprint density at radius 1 is 0.810 bits per heavy atom. The summed E-state index contributed by atoms with van der Waals surface area (Å²) in [7, 11) is 0. The molecule has 0 spiro atoms. The smallest absolute Gasteiger partial charge is 0.0866 e. The van der Waals surface area contributed by atoms with Crippen LogP contribution in [0.15, 0.2) is 12.1 Å². The molecule has 0 aromatic carbocycles. The first-order valence-corrected chi connectivity index (χ1v) is 9.55. The van der Waals surface area contributed by atoms with E-state index >= 15 is 0 Å². The standard InChI is InChI=1S/C15H24N4S2/c1-12-8-14(3)18(16-12)10-20-6-5-7-21-11-19-15(4)9-13(2)17-19/h8-9H,5-7,10-11H2,1-4H3. The van der Waals surface area contributed by atoms with Crippen LogP contribution in [0, 0.1) is 27.7 Å². The Kier molecular flexibility index (Phi) is 6.23. The summed E-state index contributed by atoms with van der Waals surface area (Å²) < 4.78 is 4.17. The summed E-state index contributed by atoms with van der Waals surface area (Å²) in [5.41, 5.74) is 4.71. The van der Waals surface area contributed by atoms with Gasteiger partial charge < -0.3 is 0 Å². The number of rotatable bonds is 8. The number of aromatic nitrogens is 4. The molecule has 2 aromatic rings.